The summed E-state index contributed by atoms with van der Waals surface area (Å²) in [6, 6.07) is 0. The van der Waals surface area contributed by atoms with Crippen LogP contribution < -0.4 is 0 Å². The molecule has 60 valence electrons. The van der Waals surface area contributed by atoms with Crippen molar-refractivity contribution >= 4 is 12.1 Å². The van der Waals surface area contributed by atoms with Crippen LogP contribution in [0.1, 0.15) is 26.2 Å². The SMILES string of the molecule is CC[C@@]1(C=O)C=CC(=O)CC1. The third kappa shape index (κ3) is 1.56. The normalized spacial score (nSPS) is 30.5. The summed E-state index contributed by atoms with van der Waals surface area (Å²) in [5, 5.41) is 0. The Hall–Kier alpha value is -0.920. The van der Waals surface area contributed by atoms with Crippen molar-refractivity contribution in [2.45, 2.75) is 26.2 Å². The minimum atomic E-state index is -0.339. The van der Waals surface area contributed by atoms with Crippen LogP contribution in [0.2, 0.25) is 0 Å². The average molecular weight is 152 g/mol. The van der Waals surface area contributed by atoms with Gasteiger partial charge in [-0.1, -0.05) is 13.0 Å². The van der Waals surface area contributed by atoms with E-state index >= 15 is 0 Å². The highest BCUT2D eigenvalue weighted by atomic mass is 16.1. The Morgan fingerprint density at radius 3 is 2.82 bits per heavy atom. The van der Waals surface area contributed by atoms with Gasteiger partial charge in [-0.25, -0.2) is 0 Å². The van der Waals surface area contributed by atoms with Gasteiger partial charge in [0.2, 0.25) is 0 Å². The van der Waals surface area contributed by atoms with Crippen molar-refractivity contribution in [3.05, 3.63) is 12.2 Å². The highest BCUT2D eigenvalue weighted by Crippen LogP contribution is 2.30. The molecule has 2 heteroatoms. The minimum absolute atomic E-state index is 0.135. The molecule has 0 aromatic heterocycles. The van der Waals surface area contributed by atoms with Crippen LogP contribution in [-0.4, -0.2) is 12.1 Å². The molecule has 0 N–H and O–H groups in total. The van der Waals surface area contributed by atoms with Gasteiger partial charge in [0, 0.05) is 11.8 Å². The van der Waals surface area contributed by atoms with Crippen molar-refractivity contribution in [3.63, 3.8) is 0 Å². The molecular weight excluding hydrogens is 140 g/mol. The molecule has 0 saturated heterocycles. The molecule has 0 radical (unpaired) electrons. The molecule has 0 aromatic rings. The second-order valence-electron chi connectivity index (χ2n) is 3.00. The zero-order valence-corrected chi connectivity index (χ0v) is 6.67. The highest BCUT2D eigenvalue weighted by molar-refractivity contribution is 5.92. The fourth-order valence-electron chi connectivity index (χ4n) is 1.26. The summed E-state index contributed by atoms with van der Waals surface area (Å²) < 4.78 is 0. The summed E-state index contributed by atoms with van der Waals surface area (Å²) in [4.78, 5) is 21.4. The van der Waals surface area contributed by atoms with Gasteiger partial charge in [-0.15, -0.1) is 0 Å². The van der Waals surface area contributed by atoms with Gasteiger partial charge in [-0.2, -0.15) is 0 Å². The second-order valence-corrected chi connectivity index (χ2v) is 3.00. The molecule has 1 aliphatic carbocycles. The van der Waals surface area contributed by atoms with Crippen LogP contribution in [-0.2, 0) is 9.59 Å². The first-order chi connectivity index (χ1) is 5.22. The Bertz CT molecular complexity index is 206. The molecule has 0 fully saturated rings. The molecule has 2 nitrogen and oxygen atoms in total. The first-order valence-electron chi connectivity index (χ1n) is 3.91. The van der Waals surface area contributed by atoms with Crippen molar-refractivity contribution in [1.29, 1.82) is 0 Å². The zero-order chi connectivity index (χ0) is 8.32. The molecule has 0 spiro atoms. The molecule has 0 heterocycles. The number of allylic oxidation sites excluding steroid dienone is 2. The van der Waals surface area contributed by atoms with E-state index in [1.807, 2.05) is 6.92 Å². The molecule has 1 aliphatic rings. The van der Waals surface area contributed by atoms with Gasteiger partial charge in [-0.3, -0.25) is 4.79 Å². The molecule has 11 heavy (non-hydrogen) atoms. The quantitative estimate of drug-likeness (QED) is 0.562. The maximum absolute atomic E-state index is 10.8. The van der Waals surface area contributed by atoms with E-state index in [2.05, 4.69) is 0 Å². The first-order valence-corrected chi connectivity index (χ1v) is 3.91. The molecule has 0 saturated carbocycles. The van der Waals surface area contributed by atoms with Crippen molar-refractivity contribution in [2.24, 2.45) is 5.41 Å². The number of hydrogen-bond acceptors (Lipinski definition) is 2. The van der Waals surface area contributed by atoms with Crippen LogP contribution in [0.15, 0.2) is 12.2 Å². The van der Waals surface area contributed by atoms with Crippen LogP contribution >= 0.6 is 0 Å². The number of aldehydes is 1. The topological polar surface area (TPSA) is 34.1 Å². The predicted molar refractivity (Wildman–Crippen MR) is 42.2 cm³/mol. The summed E-state index contributed by atoms with van der Waals surface area (Å²) in [6.45, 7) is 1.97. The summed E-state index contributed by atoms with van der Waals surface area (Å²) >= 11 is 0. The van der Waals surface area contributed by atoms with Crippen LogP contribution in [0.25, 0.3) is 0 Å². The van der Waals surface area contributed by atoms with Crippen LogP contribution in [0.3, 0.4) is 0 Å². The van der Waals surface area contributed by atoms with Gasteiger partial charge in [0.05, 0.1) is 0 Å². The molecule has 1 atom stereocenters. The molecule has 0 aliphatic heterocycles. The summed E-state index contributed by atoms with van der Waals surface area (Å²) in [5.41, 5.74) is -0.339. The first kappa shape index (κ1) is 8.18. The van der Waals surface area contributed by atoms with E-state index in [1.165, 1.54) is 6.08 Å². The smallest absolute Gasteiger partial charge is 0.155 e. The van der Waals surface area contributed by atoms with Crippen LogP contribution in [0, 0.1) is 5.41 Å². The maximum atomic E-state index is 10.8. The van der Waals surface area contributed by atoms with E-state index in [4.69, 9.17) is 0 Å². The molecule has 0 amide bonds. The molecule has 0 aromatic carbocycles. The number of carbonyl (C=O) groups is 2. The van der Waals surface area contributed by atoms with Crippen molar-refractivity contribution in [1.82, 2.24) is 0 Å². The Labute approximate surface area is 66.3 Å². The van der Waals surface area contributed by atoms with Crippen LogP contribution in [0.5, 0.6) is 0 Å². The monoisotopic (exact) mass is 152 g/mol. The van der Waals surface area contributed by atoms with E-state index in [1.54, 1.807) is 6.08 Å². The van der Waals surface area contributed by atoms with E-state index in [0.29, 0.717) is 12.8 Å². The van der Waals surface area contributed by atoms with Gasteiger partial charge in [0.1, 0.15) is 6.29 Å². The standard InChI is InChI=1S/C9H12O2/c1-2-9(7-10)5-3-8(11)4-6-9/h3,5,7H,2,4,6H2,1H3/t9-/m1/s1. The minimum Gasteiger partial charge on any atom is -0.302 e. The largest absolute Gasteiger partial charge is 0.302 e. The number of hydrogen-bond donors (Lipinski definition) is 0. The van der Waals surface area contributed by atoms with E-state index in [9.17, 15) is 9.59 Å². The lowest BCUT2D eigenvalue weighted by molar-refractivity contribution is -0.118. The number of carbonyl (C=O) groups excluding carboxylic acids is 2. The lowest BCUT2D eigenvalue weighted by atomic mass is 9.78. The lowest BCUT2D eigenvalue weighted by Crippen LogP contribution is -2.23. The lowest BCUT2D eigenvalue weighted by Gasteiger charge is -2.24. The fourth-order valence-corrected chi connectivity index (χ4v) is 1.26. The summed E-state index contributed by atoms with van der Waals surface area (Å²) in [6.07, 6.45) is 6.22. The molecule has 0 unspecified atom stereocenters. The third-order valence-electron chi connectivity index (χ3n) is 2.33. The molecule has 0 bridgehead atoms. The predicted octanol–water partition coefficient (Wildman–Crippen LogP) is 1.50. The Morgan fingerprint density at radius 1 is 1.73 bits per heavy atom. The summed E-state index contributed by atoms with van der Waals surface area (Å²) in [7, 11) is 0. The van der Waals surface area contributed by atoms with Crippen molar-refractivity contribution in [3.8, 4) is 0 Å². The van der Waals surface area contributed by atoms with Crippen molar-refractivity contribution < 1.29 is 9.59 Å². The highest BCUT2D eigenvalue weighted by Gasteiger charge is 2.27. The maximum Gasteiger partial charge on any atom is 0.155 e. The van der Waals surface area contributed by atoms with E-state index in [0.717, 1.165) is 12.7 Å². The summed E-state index contributed by atoms with van der Waals surface area (Å²) in [5.74, 6) is 0.135. The fraction of sp³-hybridized carbons (Fsp3) is 0.556. The van der Waals surface area contributed by atoms with Crippen molar-refractivity contribution in [2.75, 3.05) is 0 Å². The Balaban J connectivity index is 2.80. The number of ketones is 1. The van der Waals surface area contributed by atoms with E-state index in [-0.39, 0.29) is 11.2 Å². The van der Waals surface area contributed by atoms with Gasteiger partial charge < -0.3 is 4.79 Å². The van der Waals surface area contributed by atoms with Gasteiger partial charge in [-0.05, 0) is 18.9 Å². The van der Waals surface area contributed by atoms with Gasteiger partial charge >= 0.3 is 0 Å². The molecule has 1 rings (SSSR count). The van der Waals surface area contributed by atoms with Crippen LogP contribution in [0.4, 0.5) is 0 Å². The van der Waals surface area contributed by atoms with Gasteiger partial charge in [0.25, 0.3) is 0 Å². The Morgan fingerprint density at radius 2 is 2.45 bits per heavy atom. The third-order valence-corrected chi connectivity index (χ3v) is 2.33. The second kappa shape index (κ2) is 2.99. The Kier molecular flexibility index (Phi) is 2.22. The number of rotatable bonds is 2. The zero-order valence-electron chi connectivity index (χ0n) is 6.67. The molecular formula is C9H12O2. The average Bonchev–Trinajstić information content (AvgIpc) is 2.07. The van der Waals surface area contributed by atoms with E-state index < -0.39 is 0 Å². The van der Waals surface area contributed by atoms with Gasteiger partial charge in [0.15, 0.2) is 5.78 Å².